The molecule has 0 N–H and O–H groups in total. The van der Waals surface area contributed by atoms with Gasteiger partial charge in [-0.2, -0.15) is 0 Å². The maximum Gasteiger partial charge on any atom is 0.268 e. The molecule has 60 valence electrons. The minimum Gasteiger partial charge on any atom is -0.202 e. The molecule has 0 amide bonds. The topological polar surface area (TPSA) is 0 Å². The third-order valence-electron chi connectivity index (χ3n) is 1.25. The summed E-state index contributed by atoms with van der Waals surface area (Å²) in [5.41, 5.74) is 0.665. The van der Waals surface area contributed by atoms with E-state index >= 15 is 0 Å². The SMILES string of the molecule is CC(C)=CC(F)(F)C(C)C. The Balaban J connectivity index is 4.27. The van der Waals surface area contributed by atoms with E-state index in [1.165, 1.54) is 13.8 Å². The minimum atomic E-state index is -2.64. The molecule has 0 fully saturated rings. The number of rotatable bonds is 2. The first-order valence-corrected chi connectivity index (χ1v) is 3.40. The van der Waals surface area contributed by atoms with E-state index in [1.54, 1.807) is 13.8 Å². The van der Waals surface area contributed by atoms with Gasteiger partial charge in [0.15, 0.2) is 0 Å². The predicted molar refractivity (Wildman–Crippen MR) is 39.2 cm³/mol. The lowest BCUT2D eigenvalue weighted by atomic mass is 10.0. The molecule has 0 aliphatic rings. The fraction of sp³-hybridized carbons (Fsp3) is 0.750. The van der Waals surface area contributed by atoms with E-state index in [2.05, 4.69) is 0 Å². The number of hydrogen-bond acceptors (Lipinski definition) is 0. The number of halogens is 2. The summed E-state index contributed by atoms with van der Waals surface area (Å²) < 4.78 is 25.4. The Morgan fingerprint density at radius 2 is 1.70 bits per heavy atom. The van der Waals surface area contributed by atoms with E-state index in [0.29, 0.717) is 5.57 Å². The van der Waals surface area contributed by atoms with E-state index in [9.17, 15) is 8.78 Å². The minimum absolute atomic E-state index is 0.609. The van der Waals surface area contributed by atoms with Crippen LogP contribution in [0.4, 0.5) is 8.78 Å². The van der Waals surface area contributed by atoms with Gasteiger partial charge < -0.3 is 0 Å². The van der Waals surface area contributed by atoms with E-state index in [4.69, 9.17) is 0 Å². The van der Waals surface area contributed by atoms with Crippen LogP contribution >= 0.6 is 0 Å². The Morgan fingerprint density at radius 3 is 1.80 bits per heavy atom. The zero-order valence-electron chi connectivity index (χ0n) is 6.91. The molecule has 0 saturated heterocycles. The van der Waals surface area contributed by atoms with Gasteiger partial charge >= 0.3 is 0 Å². The summed E-state index contributed by atoms with van der Waals surface area (Å²) >= 11 is 0. The lowest BCUT2D eigenvalue weighted by molar-refractivity contribution is 0.00553. The molecule has 0 rings (SSSR count). The molecule has 0 heterocycles. The molecular weight excluding hydrogens is 134 g/mol. The van der Waals surface area contributed by atoms with E-state index < -0.39 is 11.8 Å². The number of allylic oxidation sites excluding steroid dienone is 2. The van der Waals surface area contributed by atoms with Gasteiger partial charge in [-0.3, -0.25) is 0 Å². The average molecular weight is 148 g/mol. The highest BCUT2D eigenvalue weighted by molar-refractivity contribution is 5.03. The molecule has 0 spiro atoms. The summed E-state index contributed by atoms with van der Waals surface area (Å²) in [4.78, 5) is 0. The van der Waals surface area contributed by atoms with Crippen LogP contribution in [-0.2, 0) is 0 Å². The van der Waals surface area contributed by atoms with Gasteiger partial charge in [0.05, 0.1) is 0 Å². The maximum absolute atomic E-state index is 12.7. The molecule has 0 nitrogen and oxygen atoms in total. The quantitative estimate of drug-likeness (QED) is 0.527. The Kier molecular flexibility index (Phi) is 3.00. The van der Waals surface area contributed by atoms with Crippen LogP contribution in [0.1, 0.15) is 27.7 Å². The van der Waals surface area contributed by atoms with Crippen molar-refractivity contribution in [1.29, 1.82) is 0 Å². The van der Waals surface area contributed by atoms with Crippen LogP contribution in [0.2, 0.25) is 0 Å². The van der Waals surface area contributed by atoms with Crippen LogP contribution in [-0.4, -0.2) is 5.92 Å². The summed E-state index contributed by atoms with van der Waals surface area (Å²) in [6, 6.07) is 0. The smallest absolute Gasteiger partial charge is 0.202 e. The van der Waals surface area contributed by atoms with Crippen molar-refractivity contribution in [2.24, 2.45) is 5.92 Å². The van der Waals surface area contributed by atoms with Crippen molar-refractivity contribution >= 4 is 0 Å². The van der Waals surface area contributed by atoms with Gasteiger partial charge in [-0.05, 0) is 19.9 Å². The standard InChI is InChI=1S/C8H14F2/c1-6(2)5-8(9,10)7(3)4/h5,7H,1-4H3. The van der Waals surface area contributed by atoms with Crippen molar-refractivity contribution in [2.75, 3.05) is 0 Å². The second-order valence-electron chi connectivity index (χ2n) is 3.05. The van der Waals surface area contributed by atoms with Gasteiger partial charge in [-0.1, -0.05) is 19.4 Å². The summed E-state index contributed by atoms with van der Waals surface area (Å²) in [5.74, 6) is -3.25. The third kappa shape index (κ3) is 2.95. The summed E-state index contributed by atoms with van der Waals surface area (Å²) in [6.45, 7) is 6.38. The van der Waals surface area contributed by atoms with Crippen molar-refractivity contribution < 1.29 is 8.78 Å². The van der Waals surface area contributed by atoms with Crippen molar-refractivity contribution in [3.05, 3.63) is 11.6 Å². The molecule has 0 unspecified atom stereocenters. The highest BCUT2D eigenvalue weighted by Gasteiger charge is 2.29. The van der Waals surface area contributed by atoms with Crippen molar-refractivity contribution in [3.63, 3.8) is 0 Å². The molecule has 2 heteroatoms. The third-order valence-corrected chi connectivity index (χ3v) is 1.25. The fourth-order valence-electron chi connectivity index (χ4n) is 0.552. The Hall–Kier alpha value is -0.400. The number of hydrogen-bond donors (Lipinski definition) is 0. The second-order valence-corrected chi connectivity index (χ2v) is 3.05. The molecule has 0 aliphatic heterocycles. The van der Waals surface area contributed by atoms with Crippen molar-refractivity contribution in [1.82, 2.24) is 0 Å². The fourth-order valence-corrected chi connectivity index (χ4v) is 0.552. The van der Waals surface area contributed by atoms with Crippen LogP contribution in [0.5, 0.6) is 0 Å². The zero-order valence-corrected chi connectivity index (χ0v) is 6.91. The summed E-state index contributed by atoms with van der Waals surface area (Å²) in [6.07, 6.45) is 1.01. The lowest BCUT2D eigenvalue weighted by Gasteiger charge is -2.16. The Morgan fingerprint density at radius 1 is 1.30 bits per heavy atom. The van der Waals surface area contributed by atoms with Crippen LogP contribution in [0.3, 0.4) is 0 Å². The zero-order chi connectivity index (χ0) is 8.36. The largest absolute Gasteiger partial charge is 0.268 e. The highest BCUT2D eigenvalue weighted by Crippen LogP contribution is 2.26. The molecule has 0 aromatic rings. The molecule has 10 heavy (non-hydrogen) atoms. The van der Waals surface area contributed by atoms with Gasteiger partial charge in [0.25, 0.3) is 5.92 Å². The van der Waals surface area contributed by atoms with Crippen molar-refractivity contribution in [3.8, 4) is 0 Å². The van der Waals surface area contributed by atoms with Gasteiger partial charge in [0.2, 0.25) is 0 Å². The molecule has 0 aromatic heterocycles. The maximum atomic E-state index is 12.7. The Bertz CT molecular complexity index is 130. The normalized spacial score (nSPS) is 11.9. The van der Waals surface area contributed by atoms with Gasteiger partial charge in [0, 0.05) is 5.92 Å². The molecule has 0 bridgehead atoms. The van der Waals surface area contributed by atoms with Gasteiger partial charge in [-0.25, -0.2) is 8.78 Å². The van der Waals surface area contributed by atoms with E-state index in [-0.39, 0.29) is 0 Å². The van der Waals surface area contributed by atoms with Crippen LogP contribution in [0.25, 0.3) is 0 Å². The predicted octanol–water partition coefficient (Wildman–Crippen LogP) is 3.24. The highest BCUT2D eigenvalue weighted by atomic mass is 19.3. The first kappa shape index (κ1) is 9.60. The monoisotopic (exact) mass is 148 g/mol. The van der Waals surface area contributed by atoms with E-state index in [1.807, 2.05) is 0 Å². The molecule has 0 aliphatic carbocycles. The number of alkyl halides is 2. The van der Waals surface area contributed by atoms with Gasteiger partial charge in [0.1, 0.15) is 0 Å². The van der Waals surface area contributed by atoms with Crippen LogP contribution in [0.15, 0.2) is 11.6 Å². The molecule has 0 aromatic carbocycles. The first-order chi connectivity index (χ1) is 4.36. The first-order valence-electron chi connectivity index (χ1n) is 3.40. The summed E-state index contributed by atoms with van der Waals surface area (Å²) in [5, 5.41) is 0. The average Bonchev–Trinajstić information content (AvgIpc) is 1.60. The van der Waals surface area contributed by atoms with Gasteiger partial charge in [-0.15, -0.1) is 0 Å². The molecule has 0 radical (unpaired) electrons. The van der Waals surface area contributed by atoms with Crippen molar-refractivity contribution in [2.45, 2.75) is 33.6 Å². The lowest BCUT2D eigenvalue weighted by Crippen LogP contribution is -2.20. The van der Waals surface area contributed by atoms with E-state index in [0.717, 1.165) is 6.08 Å². The summed E-state index contributed by atoms with van der Waals surface area (Å²) in [7, 11) is 0. The van der Waals surface area contributed by atoms with Crippen LogP contribution in [0, 0.1) is 5.92 Å². The van der Waals surface area contributed by atoms with Crippen LogP contribution < -0.4 is 0 Å². The Labute approximate surface area is 60.9 Å². The molecular formula is C8H14F2. The second kappa shape index (κ2) is 3.13. The molecule has 0 atom stereocenters. The molecule has 0 saturated carbocycles.